The lowest BCUT2D eigenvalue weighted by Gasteiger charge is -2.15. The minimum absolute atomic E-state index is 0.0878. The summed E-state index contributed by atoms with van der Waals surface area (Å²) in [5.41, 5.74) is 10.1. The Labute approximate surface area is 165 Å². The number of hydrogen-bond acceptors (Lipinski definition) is 5. The van der Waals surface area contributed by atoms with Gasteiger partial charge in [-0.05, 0) is 57.1 Å². The number of pyridine rings is 1. The molecule has 0 amide bonds. The molecule has 3 rings (SSSR count). The number of fused-ring (bicyclic) bond motifs is 1. The average molecular weight is 385 g/mol. The number of unbranched alkanes of at least 4 members (excludes halogenated alkanes) is 1. The number of ether oxygens (including phenoxy) is 1. The second-order valence-corrected chi connectivity index (χ2v) is 7.94. The number of hydrogen-bond donors (Lipinski definition) is 1. The van der Waals surface area contributed by atoms with E-state index in [9.17, 15) is 0 Å². The number of benzene rings is 1. The van der Waals surface area contributed by atoms with Crippen molar-refractivity contribution >= 4 is 28.6 Å². The third-order valence-corrected chi connectivity index (χ3v) is 6.03. The van der Waals surface area contributed by atoms with Crippen molar-refractivity contribution in [1.29, 1.82) is 0 Å². The van der Waals surface area contributed by atoms with Crippen LogP contribution in [0.25, 0.3) is 11.0 Å². The van der Waals surface area contributed by atoms with Gasteiger partial charge in [0, 0.05) is 24.2 Å². The van der Waals surface area contributed by atoms with Gasteiger partial charge in [-0.3, -0.25) is 0 Å². The Bertz CT molecular complexity index is 908. The first kappa shape index (κ1) is 19.7. The maximum absolute atomic E-state index is 6.16. The van der Waals surface area contributed by atoms with Crippen molar-refractivity contribution in [3.8, 4) is 0 Å². The molecule has 5 nitrogen and oxygen atoms in total. The summed E-state index contributed by atoms with van der Waals surface area (Å²) in [6, 6.07) is 10.5. The quantitative estimate of drug-likeness (QED) is 0.441. The van der Waals surface area contributed by atoms with Crippen molar-refractivity contribution < 1.29 is 4.74 Å². The van der Waals surface area contributed by atoms with Crippen LogP contribution in [-0.4, -0.2) is 27.4 Å². The number of nitrogen functional groups attached to an aromatic ring is 1. The topological polar surface area (TPSA) is 66.0 Å². The highest BCUT2D eigenvalue weighted by Gasteiger charge is 2.20. The SMILES string of the molecule is COC(C)c1nc2c(N)nc(C)c(C)c2n1CCCCSc1ccccc1. The normalized spacial score (nSPS) is 12.6. The summed E-state index contributed by atoms with van der Waals surface area (Å²) >= 11 is 1.90. The second kappa shape index (κ2) is 8.76. The van der Waals surface area contributed by atoms with Gasteiger partial charge in [-0.25, -0.2) is 9.97 Å². The molecule has 2 heterocycles. The van der Waals surface area contributed by atoms with Gasteiger partial charge in [0.05, 0.1) is 5.52 Å². The van der Waals surface area contributed by atoms with E-state index >= 15 is 0 Å². The lowest BCUT2D eigenvalue weighted by molar-refractivity contribution is 0.109. The van der Waals surface area contributed by atoms with Gasteiger partial charge in [0.2, 0.25) is 0 Å². The molecule has 0 bridgehead atoms. The molecule has 2 N–H and O–H groups in total. The lowest BCUT2D eigenvalue weighted by atomic mass is 10.2. The number of methoxy groups -OCH3 is 1. The van der Waals surface area contributed by atoms with Crippen LogP contribution in [0.2, 0.25) is 0 Å². The Morgan fingerprint density at radius 3 is 2.59 bits per heavy atom. The molecule has 144 valence electrons. The van der Waals surface area contributed by atoms with E-state index in [1.807, 2.05) is 25.6 Å². The third kappa shape index (κ3) is 4.28. The Kier molecular flexibility index (Phi) is 6.39. The maximum atomic E-state index is 6.16. The second-order valence-electron chi connectivity index (χ2n) is 6.77. The van der Waals surface area contributed by atoms with Crippen molar-refractivity contribution in [1.82, 2.24) is 14.5 Å². The van der Waals surface area contributed by atoms with Gasteiger partial charge in [-0.2, -0.15) is 0 Å². The maximum Gasteiger partial charge on any atom is 0.151 e. The summed E-state index contributed by atoms with van der Waals surface area (Å²) in [6.45, 7) is 7.01. The van der Waals surface area contributed by atoms with Crippen LogP contribution in [0.15, 0.2) is 35.2 Å². The largest absolute Gasteiger partial charge is 0.382 e. The molecule has 1 atom stereocenters. The molecule has 27 heavy (non-hydrogen) atoms. The summed E-state index contributed by atoms with van der Waals surface area (Å²) in [5, 5.41) is 0. The number of aromatic nitrogens is 3. The van der Waals surface area contributed by atoms with Crippen molar-refractivity contribution in [2.45, 2.75) is 51.2 Å². The van der Waals surface area contributed by atoms with E-state index in [4.69, 9.17) is 15.5 Å². The van der Waals surface area contributed by atoms with Crippen LogP contribution in [0.4, 0.5) is 5.82 Å². The number of nitrogens with two attached hydrogens (primary N) is 1. The molecule has 2 aromatic heterocycles. The van der Waals surface area contributed by atoms with Crippen molar-refractivity contribution in [2.75, 3.05) is 18.6 Å². The Hall–Kier alpha value is -2.05. The number of aryl methyl sites for hydroxylation is 3. The zero-order valence-corrected chi connectivity index (χ0v) is 17.3. The molecule has 0 saturated carbocycles. The predicted octanol–water partition coefficient (Wildman–Crippen LogP) is 4.91. The Morgan fingerprint density at radius 2 is 1.89 bits per heavy atom. The molecule has 0 aliphatic heterocycles. The van der Waals surface area contributed by atoms with Gasteiger partial charge in [0.1, 0.15) is 17.4 Å². The molecule has 1 unspecified atom stereocenters. The van der Waals surface area contributed by atoms with Gasteiger partial charge in [0.25, 0.3) is 0 Å². The molecule has 0 fully saturated rings. The molecule has 0 aliphatic rings. The molecular weight excluding hydrogens is 356 g/mol. The van der Waals surface area contributed by atoms with E-state index in [2.05, 4.69) is 46.8 Å². The number of nitrogens with zero attached hydrogens (tertiary/aromatic N) is 3. The van der Waals surface area contributed by atoms with Crippen molar-refractivity contribution in [3.63, 3.8) is 0 Å². The Morgan fingerprint density at radius 1 is 1.15 bits per heavy atom. The first-order chi connectivity index (χ1) is 13.0. The Balaban J connectivity index is 1.77. The van der Waals surface area contributed by atoms with Gasteiger partial charge in [-0.1, -0.05) is 18.2 Å². The zero-order chi connectivity index (χ0) is 19.4. The first-order valence-electron chi connectivity index (χ1n) is 9.36. The summed E-state index contributed by atoms with van der Waals surface area (Å²) in [5.74, 6) is 2.52. The van der Waals surface area contributed by atoms with Gasteiger partial charge < -0.3 is 15.0 Å². The fourth-order valence-corrected chi connectivity index (χ4v) is 4.17. The number of imidazole rings is 1. The fraction of sp³-hybridized carbons (Fsp3) is 0.429. The number of rotatable bonds is 8. The van der Waals surface area contributed by atoms with E-state index < -0.39 is 0 Å². The molecule has 0 aliphatic carbocycles. The summed E-state index contributed by atoms with van der Waals surface area (Å²) in [6.07, 6.45) is 2.13. The highest BCUT2D eigenvalue weighted by Crippen LogP contribution is 2.30. The van der Waals surface area contributed by atoms with Crippen molar-refractivity contribution in [3.05, 3.63) is 47.4 Å². The summed E-state index contributed by atoms with van der Waals surface area (Å²) < 4.78 is 7.83. The predicted molar refractivity (Wildman–Crippen MR) is 113 cm³/mol. The zero-order valence-electron chi connectivity index (χ0n) is 16.5. The van der Waals surface area contributed by atoms with E-state index in [-0.39, 0.29) is 6.10 Å². The van der Waals surface area contributed by atoms with E-state index in [0.29, 0.717) is 5.82 Å². The number of anilines is 1. The number of thioether (sulfide) groups is 1. The molecule has 6 heteroatoms. The highest BCUT2D eigenvalue weighted by molar-refractivity contribution is 7.99. The van der Waals surface area contributed by atoms with Gasteiger partial charge in [-0.15, -0.1) is 11.8 Å². The van der Waals surface area contributed by atoms with Crippen LogP contribution in [0.1, 0.15) is 43.0 Å². The van der Waals surface area contributed by atoms with Crippen LogP contribution in [0.5, 0.6) is 0 Å². The van der Waals surface area contributed by atoms with Crippen LogP contribution >= 0.6 is 11.8 Å². The molecule has 0 radical (unpaired) electrons. The van der Waals surface area contributed by atoms with E-state index in [1.54, 1.807) is 7.11 Å². The fourth-order valence-electron chi connectivity index (χ4n) is 3.24. The third-order valence-electron chi connectivity index (χ3n) is 4.93. The first-order valence-corrected chi connectivity index (χ1v) is 10.3. The summed E-state index contributed by atoms with van der Waals surface area (Å²) in [4.78, 5) is 10.5. The van der Waals surface area contributed by atoms with Gasteiger partial charge in [0.15, 0.2) is 5.82 Å². The van der Waals surface area contributed by atoms with Gasteiger partial charge >= 0.3 is 0 Å². The van der Waals surface area contributed by atoms with E-state index in [0.717, 1.165) is 53.3 Å². The standard InChI is InChI=1S/C21H28N4OS/c1-14-15(2)23-20(22)18-19(14)25(21(24-18)16(3)26-4)12-8-9-13-27-17-10-6-5-7-11-17/h5-7,10-11,16H,8-9,12-13H2,1-4H3,(H2,22,23). The van der Waals surface area contributed by atoms with Crippen molar-refractivity contribution in [2.24, 2.45) is 0 Å². The smallest absolute Gasteiger partial charge is 0.151 e. The monoisotopic (exact) mass is 384 g/mol. The average Bonchev–Trinajstić information content (AvgIpc) is 3.06. The molecular formula is C21H28N4OS. The molecule has 3 aromatic rings. The molecule has 1 aromatic carbocycles. The van der Waals surface area contributed by atoms with Crippen LogP contribution < -0.4 is 5.73 Å². The van der Waals surface area contributed by atoms with Crippen LogP contribution in [-0.2, 0) is 11.3 Å². The minimum atomic E-state index is -0.0878. The van der Waals surface area contributed by atoms with Crippen LogP contribution in [0, 0.1) is 13.8 Å². The van der Waals surface area contributed by atoms with Crippen LogP contribution in [0.3, 0.4) is 0 Å². The molecule has 0 spiro atoms. The highest BCUT2D eigenvalue weighted by atomic mass is 32.2. The summed E-state index contributed by atoms with van der Waals surface area (Å²) in [7, 11) is 1.71. The van der Waals surface area contributed by atoms with E-state index in [1.165, 1.54) is 4.90 Å². The lowest BCUT2D eigenvalue weighted by Crippen LogP contribution is -2.10. The minimum Gasteiger partial charge on any atom is -0.382 e. The molecule has 0 saturated heterocycles.